The zero-order valence-electron chi connectivity index (χ0n) is 14.6. The van der Waals surface area contributed by atoms with E-state index >= 15 is 0 Å². The van der Waals surface area contributed by atoms with E-state index in [1.165, 1.54) is 16.9 Å². The molecule has 0 fully saturated rings. The number of aryl methyl sites for hydroxylation is 3. The molecule has 1 amide bonds. The second-order valence-corrected chi connectivity index (χ2v) is 7.24. The standard InChI is InChI=1S/C19H17N3O3S/c1-11-7-12(2)17-16(8-11)26-19(20-17)22(10-14-5-4-6-24-14)18(23)15-9-13(3)21-25-15/h4-9H,10H2,1-3H3. The number of carbonyl (C=O) groups excluding carboxylic acids is 1. The minimum Gasteiger partial charge on any atom is -0.467 e. The van der Waals surface area contributed by atoms with E-state index in [0.717, 1.165) is 15.8 Å². The van der Waals surface area contributed by atoms with Gasteiger partial charge in [0.05, 0.1) is 28.7 Å². The van der Waals surface area contributed by atoms with Gasteiger partial charge in [-0.1, -0.05) is 22.6 Å². The minimum atomic E-state index is -0.296. The predicted octanol–water partition coefficient (Wildman–Crippen LogP) is 4.65. The summed E-state index contributed by atoms with van der Waals surface area (Å²) in [6.07, 6.45) is 1.59. The number of nitrogens with zero attached hydrogens (tertiary/aromatic N) is 3. The molecule has 0 aliphatic rings. The van der Waals surface area contributed by atoms with E-state index in [4.69, 9.17) is 13.9 Å². The van der Waals surface area contributed by atoms with Crippen LogP contribution in [-0.4, -0.2) is 16.0 Å². The van der Waals surface area contributed by atoms with E-state index in [9.17, 15) is 4.79 Å². The van der Waals surface area contributed by atoms with Gasteiger partial charge in [0.25, 0.3) is 5.91 Å². The van der Waals surface area contributed by atoms with Crippen LogP contribution in [0.3, 0.4) is 0 Å². The molecule has 4 aromatic rings. The molecular weight excluding hydrogens is 350 g/mol. The molecule has 0 spiro atoms. The van der Waals surface area contributed by atoms with Crippen LogP contribution in [0.4, 0.5) is 5.13 Å². The smallest absolute Gasteiger partial charge is 0.299 e. The van der Waals surface area contributed by atoms with Crippen molar-refractivity contribution in [3.63, 3.8) is 0 Å². The number of hydrogen-bond acceptors (Lipinski definition) is 6. The Labute approximate surface area is 154 Å². The summed E-state index contributed by atoms with van der Waals surface area (Å²) in [6, 6.07) is 9.42. The van der Waals surface area contributed by atoms with Gasteiger partial charge in [-0.25, -0.2) is 4.98 Å². The van der Waals surface area contributed by atoms with Crippen molar-refractivity contribution in [3.05, 3.63) is 64.9 Å². The molecule has 6 nitrogen and oxygen atoms in total. The quantitative estimate of drug-likeness (QED) is 0.525. The van der Waals surface area contributed by atoms with Crippen LogP contribution in [0.5, 0.6) is 0 Å². The van der Waals surface area contributed by atoms with Crippen molar-refractivity contribution >= 4 is 32.6 Å². The molecule has 0 saturated heterocycles. The molecule has 0 saturated carbocycles. The second-order valence-electron chi connectivity index (χ2n) is 6.23. The van der Waals surface area contributed by atoms with Crippen molar-refractivity contribution < 1.29 is 13.7 Å². The molecule has 1 aromatic carbocycles. The Kier molecular flexibility index (Phi) is 4.08. The summed E-state index contributed by atoms with van der Waals surface area (Å²) in [6.45, 7) is 6.12. The van der Waals surface area contributed by atoms with Gasteiger partial charge in [0.2, 0.25) is 5.76 Å². The maximum Gasteiger partial charge on any atom is 0.299 e. The zero-order chi connectivity index (χ0) is 18.3. The van der Waals surface area contributed by atoms with Crippen LogP contribution in [0.2, 0.25) is 0 Å². The Balaban J connectivity index is 1.79. The molecule has 0 radical (unpaired) electrons. The van der Waals surface area contributed by atoms with Crippen LogP contribution < -0.4 is 4.90 Å². The first kappa shape index (κ1) is 16.5. The number of hydrogen-bond donors (Lipinski definition) is 0. The largest absolute Gasteiger partial charge is 0.467 e. The van der Waals surface area contributed by atoms with E-state index in [1.54, 1.807) is 30.2 Å². The fraction of sp³-hybridized carbons (Fsp3) is 0.211. The molecule has 4 rings (SSSR count). The first-order valence-electron chi connectivity index (χ1n) is 8.16. The van der Waals surface area contributed by atoms with Crippen LogP contribution in [0.15, 0.2) is 45.5 Å². The summed E-state index contributed by atoms with van der Waals surface area (Å²) in [5, 5.41) is 4.42. The summed E-state index contributed by atoms with van der Waals surface area (Å²) in [5.41, 5.74) is 3.81. The van der Waals surface area contributed by atoms with E-state index in [-0.39, 0.29) is 18.2 Å². The third kappa shape index (κ3) is 3.01. The SMILES string of the molecule is Cc1cc(C)c2nc(N(Cc3ccco3)C(=O)c3cc(C)no3)sc2c1. The van der Waals surface area contributed by atoms with Crippen LogP contribution in [0.1, 0.15) is 33.1 Å². The highest BCUT2D eigenvalue weighted by molar-refractivity contribution is 7.22. The first-order chi connectivity index (χ1) is 12.5. The van der Waals surface area contributed by atoms with Gasteiger partial charge in [0.1, 0.15) is 5.76 Å². The lowest BCUT2D eigenvalue weighted by Gasteiger charge is -2.16. The number of fused-ring (bicyclic) bond motifs is 1. The van der Waals surface area contributed by atoms with Gasteiger partial charge in [-0.15, -0.1) is 0 Å². The van der Waals surface area contributed by atoms with Crippen molar-refractivity contribution in [2.24, 2.45) is 0 Å². The fourth-order valence-electron chi connectivity index (χ4n) is 2.86. The highest BCUT2D eigenvalue weighted by atomic mass is 32.1. The number of benzene rings is 1. The van der Waals surface area contributed by atoms with Crippen molar-refractivity contribution in [3.8, 4) is 0 Å². The van der Waals surface area contributed by atoms with E-state index in [2.05, 4.69) is 24.2 Å². The van der Waals surface area contributed by atoms with E-state index < -0.39 is 0 Å². The molecular formula is C19H17N3O3S. The van der Waals surface area contributed by atoms with Crippen LogP contribution in [0, 0.1) is 20.8 Å². The topological polar surface area (TPSA) is 72.4 Å². The summed E-state index contributed by atoms with van der Waals surface area (Å²) in [4.78, 5) is 19.3. The number of rotatable bonds is 4. The highest BCUT2D eigenvalue weighted by Gasteiger charge is 2.26. The fourth-order valence-corrected chi connectivity index (χ4v) is 4.00. The Morgan fingerprint density at radius 1 is 1.23 bits per heavy atom. The number of amides is 1. The molecule has 0 aliphatic heterocycles. The lowest BCUT2D eigenvalue weighted by molar-refractivity contribution is 0.0947. The Hall–Kier alpha value is -2.93. The third-order valence-corrected chi connectivity index (χ3v) is 5.05. The summed E-state index contributed by atoms with van der Waals surface area (Å²) >= 11 is 1.48. The van der Waals surface area contributed by atoms with Gasteiger partial charge in [-0.3, -0.25) is 9.69 Å². The summed E-state index contributed by atoms with van der Waals surface area (Å²) < 4.78 is 11.6. The average molecular weight is 367 g/mol. The molecule has 0 bridgehead atoms. The maximum absolute atomic E-state index is 13.0. The van der Waals surface area contributed by atoms with Crippen LogP contribution in [-0.2, 0) is 6.54 Å². The van der Waals surface area contributed by atoms with E-state index in [0.29, 0.717) is 16.6 Å². The molecule has 3 heterocycles. The van der Waals surface area contributed by atoms with Crippen molar-refractivity contribution in [1.29, 1.82) is 0 Å². The van der Waals surface area contributed by atoms with E-state index in [1.807, 2.05) is 13.0 Å². The molecule has 0 atom stereocenters. The Bertz CT molecular complexity index is 1080. The average Bonchev–Trinajstić information content (AvgIpc) is 3.32. The van der Waals surface area contributed by atoms with Crippen LogP contribution >= 0.6 is 11.3 Å². The molecule has 132 valence electrons. The van der Waals surface area contributed by atoms with Crippen molar-refractivity contribution in [2.75, 3.05) is 4.90 Å². The molecule has 0 N–H and O–H groups in total. The van der Waals surface area contributed by atoms with Gasteiger partial charge < -0.3 is 8.94 Å². The molecule has 7 heteroatoms. The molecule has 26 heavy (non-hydrogen) atoms. The molecule has 0 unspecified atom stereocenters. The van der Waals surface area contributed by atoms with Crippen LogP contribution in [0.25, 0.3) is 10.2 Å². The van der Waals surface area contributed by atoms with Gasteiger partial charge in [0, 0.05) is 6.07 Å². The number of aromatic nitrogens is 2. The molecule has 3 aromatic heterocycles. The lowest BCUT2D eigenvalue weighted by Crippen LogP contribution is -2.29. The Morgan fingerprint density at radius 3 is 2.77 bits per heavy atom. The number of anilines is 1. The normalized spacial score (nSPS) is 11.2. The first-order valence-corrected chi connectivity index (χ1v) is 8.98. The molecule has 0 aliphatic carbocycles. The maximum atomic E-state index is 13.0. The zero-order valence-corrected chi connectivity index (χ0v) is 15.5. The predicted molar refractivity (Wildman–Crippen MR) is 99.6 cm³/mol. The monoisotopic (exact) mass is 367 g/mol. The minimum absolute atomic E-state index is 0.182. The lowest BCUT2D eigenvalue weighted by atomic mass is 10.1. The van der Waals surface area contributed by atoms with Gasteiger partial charge in [-0.2, -0.15) is 0 Å². The number of thiazole rings is 1. The Morgan fingerprint density at radius 2 is 2.08 bits per heavy atom. The van der Waals surface area contributed by atoms with Crippen molar-refractivity contribution in [2.45, 2.75) is 27.3 Å². The second kappa shape index (κ2) is 6.42. The number of carbonyl (C=O) groups is 1. The van der Waals surface area contributed by atoms with Gasteiger partial charge in [-0.05, 0) is 50.1 Å². The number of furan rings is 1. The highest BCUT2D eigenvalue weighted by Crippen LogP contribution is 2.33. The van der Waals surface area contributed by atoms with Gasteiger partial charge in [0.15, 0.2) is 5.13 Å². The van der Waals surface area contributed by atoms with Crippen molar-refractivity contribution in [1.82, 2.24) is 10.1 Å². The summed E-state index contributed by atoms with van der Waals surface area (Å²) in [5.74, 6) is 0.554. The third-order valence-electron chi connectivity index (χ3n) is 4.03. The van der Waals surface area contributed by atoms with Gasteiger partial charge >= 0.3 is 0 Å². The summed E-state index contributed by atoms with van der Waals surface area (Å²) in [7, 11) is 0.